The summed E-state index contributed by atoms with van der Waals surface area (Å²) in [4.78, 5) is 16.1. The highest BCUT2D eigenvalue weighted by Gasteiger charge is 2.33. The Morgan fingerprint density at radius 3 is 2.84 bits per heavy atom. The van der Waals surface area contributed by atoms with E-state index in [0.717, 1.165) is 13.1 Å². The minimum atomic E-state index is -0.00291. The lowest BCUT2D eigenvalue weighted by Crippen LogP contribution is -2.37. The summed E-state index contributed by atoms with van der Waals surface area (Å²) in [5.41, 5.74) is 0. The van der Waals surface area contributed by atoms with E-state index in [2.05, 4.69) is 17.0 Å². The largest absolute Gasteiger partial charge is 0.465 e. The van der Waals surface area contributed by atoms with Crippen molar-refractivity contribution < 1.29 is 14.1 Å². The number of ether oxygens (including phenoxy) is 1. The summed E-state index contributed by atoms with van der Waals surface area (Å²) in [6, 6.07) is 2.08. The Kier molecular flexibility index (Phi) is 4.09. The van der Waals surface area contributed by atoms with Crippen molar-refractivity contribution in [2.75, 3.05) is 33.8 Å². The van der Waals surface area contributed by atoms with Crippen LogP contribution in [-0.4, -0.2) is 60.7 Å². The number of carbonyl (C=O) groups is 1. The van der Waals surface area contributed by atoms with Crippen molar-refractivity contribution in [3.05, 3.63) is 11.8 Å². The number of hydrogen-bond donors (Lipinski definition) is 0. The van der Waals surface area contributed by atoms with Crippen LogP contribution in [0.15, 0.2) is 10.6 Å². The molecule has 2 atom stereocenters. The number of likely N-dealkylation sites (N-methyl/N-ethyl adjacent to an activating group) is 1. The molecule has 0 aliphatic carbocycles. The lowest BCUT2D eigenvalue weighted by atomic mass is 10.1. The molecular formula is C13H21N3O3. The van der Waals surface area contributed by atoms with Crippen molar-refractivity contribution >= 4 is 5.91 Å². The van der Waals surface area contributed by atoms with Gasteiger partial charge in [-0.25, -0.2) is 0 Å². The molecule has 0 aromatic carbocycles. The topological polar surface area (TPSA) is 58.8 Å². The number of aromatic nitrogens is 1. The summed E-state index contributed by atoms with van der Waals surface area (Å²) in [5.74, 6) is 1.51. The molecule has 1 saturated heterocycles. The van der Waals surface area contributed by atoms with Crippen molar-refractivity contribution in [2.24, 2.45) is 5.92 Å². The Hall–Kier alpha value is -1.56. The SMILES string of the molecule is Cc1cc(OCC(=O)N2C[C@@H](C)[C@@H](N(C)C)C2)no1. The zero-order chi connectivity index (χ0) is 14.0. The monoisotopic (exact) mass is 267 g/mol. The van der Waals surface area contributed by atoms with Gasteiger partial charge in [-0.2, -0.15) is 0 Å². The Morgan fingerprint density at radius 1 is 1.58 bits per heavy atom. The van der Waals surface area contributed by atoms with Gasteiger partial charge in [0.15, 0.2) is 6.61 Å². The predicted octanol–water partition coefficient (Wildman–Crippen LogP) is 0.770. The third-order valence-electron chi connectivity index (χ3n) is 3.54. The van der Waals surface area contributed by atoms with E-state index in [1.807, 2.05) is 19.0 Å². The Morgan fingerprint density at radius 2 is 2.32 bits per heavy atom. The van der Waals surface area contributed by atoms with E-state index >= 15 is 0 Å². The first kappa shape index (κ1) is 13.9. The number of rotatable bonds is 4. The fourth-order valence-corrected chi connectivity index (χ4v) is 2.46. The zero-order valence-electron chi connectivity index (χ0n) is 11.9. The molecule has 1 aromatic heterocycles. The molecule has 1 aromatic rings. The third-order valence-corrected chi connectivity index (χ3v) is 3.54. The molecule has 2 rings (SSSR count). The molecule has 0 radical (unpaired) electrons. The smallest absolute Gasteiger partial charge is 0.260 e. The van der Waals surface area contributed by atoms with Gasteiger partial charge in [0.05, 0.1) is 0 Å². The van der Waals surface area contributed by atoms with E-state index in [1.54, 1.807) is 13.0 Å². The highest BCUT2D eigenvalue weighted by atomic mass is 16.5. The van der Waals surface area contributed by atoms with Gasteiger partial charge < -0.3 is 19.1 Å². The summed E-state index contributed by atoms with van der Waals surface area (Å²) in [7, 11) is 4.09. The molecule has 1 aliphatic rings. The van der Waals surface area contributed by atoms with Crippen molar-refractivity contribution in [1.82, 2.24) is 15.0 Å². The molecule has 1 aliphatic heterocycles. The molecule has 1 amide bonds. The average Bonchev–Trinajstić information content (AvgIpc) is 2.92. The second-order valence-electron chi connectivity index (χ2n) is 5.37. The van der Waals surface area contributed by atoms with Crippen molar-refractivity contribution in [3.8, 4) is 5.88 Å². The average molecular weight is 267 g/mol. The van der Waals surface area contributed by atoms with Crippen LogP contribution in [0.2, 0.25) is 0 Å². The molecule has 6 heteroatoms. The maximum absolute atomic E-state index is 12.1. The standard InChI is InChI=1S/C13H21N3O3/c1-9-6-16(7-11(9)15(3)4)13(17)8-18-12-5-10(2)19-14-12/h5,9,11H,6-8H2,1-4H3/t9-,11+/m1/s1. The van der Waals surface area contributed by atoms with Crippen LogP contribution >= 0.6 is 0 Å². The Balaban J connectivity index is 1.84. The van der Waals surface area contributed by atoms with E-state index in [9.17, 15) is 4.79 Å². The van der Waals surface area contributed by atoms with Gasteiger partial charge in [-0.15, -0.1) is 0 Å². The van der Waals surface area contributed by atoms with Gasteiger partial charge in [0.25, 0.3) is 11.8 Å². The fraction of sp³-hybridized carbons (Fsp3) is 0.692. The highest BCUT2D eigenvalue weighted by Crippen LogP contribution is 2.20. The summed E-state index contributed by atoms with van der Waals surface area (Å²) in [5, 5.41) is 3.70. The number of carbonyl (C=O) groups excluding carboxylic acids is 1. The minimum Gasteiger partial charge on any atom is -0.465 e. The lowest BCUT2D eigenvalue weighted by Gasteiger charge is -2.22. The first-order valence-corrected chi connectivity index (χ1v) is 6.47. The number of nitrogens with zero attached hydrogens (tertiary/aromatic N) is 3. The summed E-state index contributed by atoms with van der Waals surface area (Å²) < 4.78 is 10.2. The van der Waals surface area contributed by atoms with E-state index < -0.39 is 0 Å². The van der Waals surface area contributed by atoms with Gasteiger partial charge in [0.2, 0.25) is 0 Å². The highest BCUT2D eigenvalue weighted by molar-refractivity contribution is 5.78. The summed E-state index contributed by atoms with van der Waals surface area (Å²) in [6.07, 6.45) is 0. The Labute approximate surface area is 113 Å². The first-order valence-electron chi connectivity index (χ1n) is 6.47. The number of hydrogen-bond acceptors (Lipinski definition) is 5. The second kappa shape index (κ2) is 5.61. The van der Waals surface area contributed by atoms with Crippen LogP contribution in [0.4, 0.5) is 0 Å². The van der Waals surface area contributed by atoms with Crippen LogP contribution in [0.25, 0.3) is 0 Å². The van der Waals surface area contributed by atoms with Gasteiger partial charge in [-0.05, 0) is 32.1 Å². The van der Waals surface area contributed by atoms with Crippen LogP contribution in [0, 0.1) is 12.8 Å². The van der Waals surface area contributed by atoms with E-state index in [4.69, 9.17) is 9.26 Å². The van der Waals surface area contributed by atoms with E-state index in [-0.39, 0.29) is 12.5 Å². The number of likely N-dealkylation sites (tertiary alicyclic amines) is 1. The second-order valence-corrected chi connectivity index (χ2v) is 5.37. The number of amides is 1. The molecular weight excluding hydrogens is 246 g/mol. The molecule has 0 spiro atoms. The molecule has 19 heavy (non-hydrogen) atoms. The third kappa shape index (κ3) is 3.26. The predicted molar refractivity (Wildman–Crippen MR) is 70.0 cm³/mol. The lowest BCUT2D eigenvalue weighted by molar-refractivity contribution is -0.132. The molecule has 2 heterocycles. The zero-order valence-corrected chi connectivity index (χ0v) is 11.9. The van der Waals surface area contributed by atoms with Crippen molar-refractivity contribution in [3.63, 3.8) is 0 Å². The molecule has 0 saturated carbocycles. The van der Waals surface area contributed by atoms with Gasteiger partial charge in [-0.1, -0.05) is 6.92 Å². The summed E-state index contributed by atoms with van der Waals surface area (Å²) >= 11 is 0. The molecule has 0 bridgehead atoms. The number of aryl methyl sites for hydroxylation is 1. The molecule has 6 nitrogen and oxygen atoms in total. The van der Waals surface area contributed by atoms with E-state index in [0.29, 0.717) is 23.6 Å². The van der Waals surface area contributed by atoms with Crippen molar-refractivity contribution in [1.29, 1.82) is 0 Å². The quantitative estimate of drug-likeness (QED) is 0.806. The maximum Gasteiger partial charge on any atom is 0.260 e. The molecule has 0 unspecified atom stereocenters. The van der Waals surface area contributed by atoms with E-state index in [1.165, 1.54) is 0 Å². The van der Waals surface area contributed by atoms with Crippen LogP contribution in [-0.2, 0) is 4.79 Å². The van der Waals surface area contributed by atoms with Crippen LogP contribution in [0.5, 0.6) is 5.88 Å². The van der Waals surface area contributed by atoms with Gasteiger partial charge >= 0.3 is 0 Å². The normalized spacial score (nSPS) is 23.1. The minimum absolute atomic E-state index is 0.00291. The first-order chi connectivity index (χ1) is 8.97. The summed E-state index contributed by atoms with van der Waals surface area (Å²) in [6.45, 7) is 5.50. The Bertz CT molecular complexity index is 444. The fourth-order valence-electron chi connectivity index (χ4n) is 2.46. The molecule has 1 fully saturated rings. The maximum atomic E-state index is 12.1. The van der Waals surface area contributed by atoms with Gasteiger partial charge in [-0.3, -0.25) is 4.79 Å². The molecule has 106 valence electrons. The van der Waals surface area contributed by atoms with Crippen LogP contribution < -0.4 is 4.74 Å². The van der Waals surface area contributed by atoms with Crippen molar-refractivity contribution in [2.45, 2.75) is 19.9 Å². The molecule has 0 N–H and O–H groups in total. The van der Waals surface area contributed by atoms with Gasteiger partial charge in [0, 0.05) is 25.2 Å². The van der Waals surface area contributed by atoms with Gasteiger partial charge in [0.1, 0.15) is 5.76 Å². The van der Waals surface area contributed by atoms with Crippen LogP contribution in [0.1, 0.15) is 12.7 Å². The van der Waals surface area contributed by atoms with Crippen LogP contribution in [0.3, 0.4) is 0 Å².